The highest BCUT2D eigenvalue weighted by Crippen LogP contribution is 2.33. The van der Waals surface area contributed by atoms with Gasteiger partial charge >= 0.3 is 0 Å². The molecule has 2 saturated heterocycles. The van der Waals surface area contributed by atoms with Gasteiger partial charge in [-0.2, -0.15) is 0 Å². The zero-order valence-corrected chi connectivity index (χ0v) is 19.6. The van der Waals surface area contributed by atoms with Crippen LogP contribution in [0.5, 0.6) is 0 Å². The zero-order valence-electron chi connectivity index (χ0n) is 19.6. The number of ether oxygens (including phenoxy) is 1. The number of aliphatic hydroxyl groups excluding tert-OH is 1. The minimum absolute atomic E-state index is 0.0548. The van der Waals surface area contributed by atoms with Gasteiger partial charge in [0.15, 0.2) is 6.10 Å². The summed E-state index contributed by atoms with van der Waals surface area (Å²) in [6.07, 6.45) is -1.94. The molecule has 0 aliphatic carbocycles. The van der Waals surface area contributed by atoms with Crippen molar-refractivity contribution in [2.24, 2.45) is 0 Å². The predicted octanol–water partition coefficient (Wildman–Crippen LogP) is 3.20. The van der Waals surface area contributed by atoms with E-state index in [1.54, 1.807) is 4.90 Å². The molecule has 1 amide bonds. The number of amides is 1. The van der Waals surface area contributed by atoms with Gasteiger partial charge in [-0.3, -0.25) is 4.79 Å². The Bertz CT molecular complexity index is 930. The van der Waals surface area contributed by atoms with E-state index in [2.05, 4.69) is 49.8 Å². The smallest absolute Gasteiger partial charge is 0.259 e. The molecular formula is C26H35N3O3. The summed E-state index contributed by atoms with van der Waals surface area (Å²) in [5, 5.41) is 11.3. The van der Waals surface area contributed by atoms with E-state index in [0.717, 1.165) is 43.1 Å². The summed E-state index contributed by atoms with van der Waals surface area (Å²) < 4.78 is 5.83. The average Bonchev–Trinajstić information content (AvgIpc) is 2.79. The van der Waals surface area contributed by atoms with Gasteiger partial charge in [0.1, 0.15) is 6.10 Å². The third-order valence-electron chi connectivity index (χ3n) is 6.55. The molecule has 172 valence electrons. The fourth-order valence-electron chi connectivity index (χ4n) is 4.47. The van der Waals surface area contributed by atoms with E-state index in [-0.39, 0.29) is 11.3 Å². The summed E-state index contributed by atoms with van der Waals surface area (Å²) in [5.74, 6) is -0.194. The SMILES string of the molecule is CN1CCN(c2ccccc2C(O)C2OCCN(c3ccc(C(C)(C)C)cc3)C2=O)CC1. The quantitative estimate of drug-likeness (QED) is 0.796. The molecule has 2 unspecified atom stereocenters. The number of hydrogen-bond donors (Lipinski definition) is 1. The van der Waals surface area contributed by atoms with Crippen LogP contribution >= 0.6 is 0 Å². The third-order valence-corrected chi connectivity index (χ3v) is 6.55. The van der Waals surface area contributed by atoms with Crippen molar-refractivity contribution in [3.63, 3.8) is 0 Å². The van der Waals surface area contributed by atoms with Crippen molar-refractivity contribution in [3.8, 4) is 0 Å². The Morgan fingerprint density at radius 3 is 2.28 bits per heavy atom. The topological polar surface area (TPSA) is 56.2 Å². The van der Waals surface area contributed by atoms with E-state index in [9.17, 15) is 9.90 Å². The zero-order chi connectivity index (χ0) is 22.9. The summed E-state index contributed by atoms with van der Waals surface area (Å²) in [6, 6.07) is 16.0. The Kier molecular flexibility index (Phi) is 6.56. The Morgan fingerprint density at radius 2 is 1.62 bits per heavy atom. The number of carbonyl (C=O) groups is 1. The summed E-state index contributed by atoms with van der Waals surface area (Å²) in [7, 11) is 2.12. The Hall–Kier alpha value is -2.41. The van der Waals surface area contributed by atoms with Gasteiger partial charge in [-0.15, -0.1) is 0 Å². The van der Waals surface area contributed by atoms with Gasteiger partial charge in [0.05, 0.1) is 6.61 Å². The molecule has 2 heterocycles. The van der Waals surface area contributed by atoms with Crippen LogP contribution in [-0.2, 0) is 14.9 Å². The highest BCUT2D eigenvalue weighted by atomic mass is 16.5. The molecule has 0 bridgehead atoms. The number of hydrogen-bond acceptors (Lipinski definition) is 5. The summed E-state index contributed by atoms with van der Waals surface area (Å²) in [6.45, 7) is 11.1. The molecule has 6 nitrogen and oxygen atoms in total. The van der Waals surface area contributed by atoms with Crippen LogP contribution in [0.4, 0.5) is 11.4 Å². The molecular weight excluding hydrogens is 402 g/mol. The van der Waals surface area contributed by atoms with E-state index in [4.69, 9.17) is 4.74 Å². The first-order valence-electron chi connectivity index (χ1n) is 11.5. The highest BCUT2D eigenvalue weighted by Gasteiger charge is 2.38. The van der Waals surface area contributed by atoms with E-state index in [0.29, 0.717) is 13.2 Å². The number of piperazine rings is 1. The number of aliphatic hydroxyl groups is 1. The molecule has 1 N–H and O–H groups in total. The van der Waals surface area contributed by atoms with Crippen LogP contribution in [0.15, 0.2) is 48.5 Å². The van der Waals surface area contributed by atoms with Crippen LogP contribution in [0.25, 0.3) is 0 Å². The van der Waals surface area contributed by atoms with E-state index >= 15 is 0 Å². The number of nitrogens with zero attached hydrogens (tertiary/aromatic N) is 3. The number of anilines is 2. The number of carbonyl (C=O) groups excluding carboxylic acids is 1. The Labute approximate surface area is 191 Å². The number of morpholine rings is 1. The maximum absolute atomic E-state index is 13.4. The lowest BCUT2D eigenvalue weighted by atomic mass is 9.87. The molecule has 4 rings (SSSR count). The first-order chi connectivity index (χ1) is 15.3. The van der Waals surface area contributed by atoms with Gasteiger partial charge in [0.25, 0.3) is 5.91 Å². The van der Waals surface area contributed by atoms with Crippen molar-refractivity contribution >= 4 is 17.3 Å². The second-order valence-electron chi connectivity index (χ2n) is 9.87. The fraction of sp³-hybridized carbons (Fsp3) is 0.500. The largest absolute Gasteiger partial charge is 0.385 e. The number of rotatable bonds is 4. The van der Waals surface area contributed by atoms with Gasteiger partial charge in [0, 0.05) is 49.7 Å². The van der Waals surface area contributed by atoms with Crippen molar-refractivity contribution in [1.29, 1.82) is 0 Å². The standard InChI is InChI=1S/C26H35N3O3/c1-26(2,3)19-9-11-20(12-10-19)29-17-18-32-24(25(29)31)23(30)21-7-5-6-8-22(21)28-15-13-27(4)14-16-28/h5-12,23-24,30H,13-18H2,1-4H3. The predicted molar refractivity (Wildman–Crippen MR) is 128 cm³/mol. The van der Waals surface area contributed by atoms with Crippen LogP contribution in [0.1, 0.15) is 38.0 Å². The van der Waals surface area contributed by atoms with Gasteiger partial charge < -0.3 is 24.5 Å². The summed E-state index contributed by atoms with van der Waals surface area (Å²) in [5.41, 5.74) is 3.85. The molecule has 2 aromatic rings. The minimum Gasteiger partial charge on any atom is -0.385 e. The second-order valence-corrected chi connectivity index (χ2v) is 9.87. The Balaban J connectivity index is 1.55. The minimum atomic E-state index is -1.02. The van der Waals surface area contributed by atoms with Crippen molar-refractivity contribution < 1.29 is 14.6 Å². The van der Waals surface area contributed by atoms with Gasteiger partial charge in [-0.1, -0.05) is 51.1 Å². The molecule has 2 aliphatic heterocycles. The maximum Gasteiger partial charge on any atom is 0.259 e. The van der Waals surface area contributed by atoms with Crippen LogP contribution < -0.4 is 9.80 Å². The normalized spacial score (nSPS) is 21.7. The van der Waals surface area contributed by atoms with E-state index in [1.165, 1.54) is 5.56 Å². The van der Waals surface area contributed by atoms with Crippen molar-refractivity contribution in [1.82, 2.24) is 4.90 Å². The van der Waals surface area contributed by atoms with E-state index < -0.39 is 12.2 Å². The summed E-state index contributed by atoms with van der Waals surface area (Å²) >= 11 is 0. The molecule has 2 aromatic carbocycles. The van der Waals surface area contributed by atoms with Crippen LogP contribution in [0.3, 0.4) is 0 Å². The van der Waals surface area contributed by atoms with Gasteiger partial charge in [0.2, 0.25) is 0 Å². The molecule has 0 aromatic heterocycles. The van der Waals surface area contributed by atoms with Crippen molar-refractivity contribution in [3.05, 3.63) is 59.7 Å². The maximum atomic E-state index is 13.4. The molecule has 6 heteroatoms. The molecule has 0 spiro atoms. The first kappa shape index (κ1) is 22.8. The second kappa shape index (κ2) is 9.22. The third kappa shape index (κ3) is 4.68. The molecule has 0 saturated carbocycles. The molecule has 2 atom stereocenters. The molecule has 2 fully saturated rings. The molecule has 2 aliphatic rings. The summed E-state index contributed by atoms with van der Waals surface area (Å²) in [4.78, 5) is 19.7. The van der Waals surface area contributed by atoms with Gasteiger partial charge in [-0.05, 0) is 36.2 Å². The van der Waals surface area contributed by atoms with Crippen LogP contribution in [0.2, 0.25) is 0 Å². The lowest BCUT2D eigenvalue weighted by Gasteiger charge is -2.38. The number of para-hydroxylation sites is 1. The fourth-order valence-corrected chi connectivity index (χ4v) is 4.47. The van der Waals surface area contributed by atoms with Gasteiger partial charge in [-0.25, -0.2) is 0 Å². The molecule has 32 heavy (non-hydrogen) atoms. The highest BCUT2D eigenvalue weighted by molar-refractivity contribution is 5.97. The monoisotopic (exact) mass is 437 g/mol. The first-order valence-corrected chi connectivity index (χ1v) is 11.5. The lowest BCUT2D eigenvalue weighted by molar-refractivity contribution is -0.143. The van der Waals surface area contributed by atoms with Crippen LogP contribution in [0, 0.1) is 0 Å². The Morgan fingerprint density at radius 1 is 0.969 bits per heavy atom. The molecule has 0 radical (unpaired) electrons. The van der Waals surface area contributed by atoms with Crippen LogP contribution in [-0.4, -0.2) is 68.4 Å². The average molecular weight is 438 g/mol. The van der Waals surface area contributed by atoms with Crippen molar-refractivity contribution in [2.75, 3.05) is 56.2 Å². The van der Waals surface area contributed by atoms with Crippen molar-refractivity contribution in [2.45, 2.75) is 38.4 Å². The number of likely N-dealkylation sites (N-methyl/N-ethyl adjacent to an activating group) is 1. The van der Waals surface area contributed by atoms with E-state index in [1.807, 2.05) is 36.4 Å². The lowest BCUT2D eigenvalue weighted by Crippen LogP contribution is -2.50. The number of benzene rings is 2.